The van der Waals surface area contributed by atoms with Gasteiger partial charge in [0.1, 0.15) is 0 Å². The molecule has 6 atom stereocenters. The number of nitrogens with zero attached hydrogens (tertiary/aromatic N) is 3. The minimum absolute atomic E-state index is 0.0216. The summed E-state index contributed by atoms with van der Waals surface area (Å²) in [5.41, 5.74) is -1.94. The van der Waals surface area contributed by atoms with Gasteiger partial charge in [-0.1, -0.05) is 0 Å². The summed E-state index contributed by atoms with van der Waals surface area (Å²) < 4.78 is 9.98. The van der Waals surface area contributed by atoms with Crippen LogP contribution in [0.15, 0.2) is 10.2 Å². The minimum Gasteiger partial charge on any atom is -0.469 e. The third-order valence-electron chi connectivity index (χ3n) is 6.08. The molecule has 124 valence electrons. The third kappa shape index (κ3) is 1.58. The van der Waals surface area contributed by atoms with Crippen LogP contribution in [0.1, 0.15) is 19.8 Å². The lowest BCUT2D eigenvalue weighted by atomic mass is 9.76. The van der Waals surface area contributed by atoms with Crippen LogP contribution in [0.2, 0.25) is 0 Å². The van der Waals surface area contributed by atoms with E-state index in [0.717, 1.165) is 0 Å². The molecular weight excluding hydrogens is 302 g/mol. The zero-order valence-corrected chi connectivity index (χ0v) is 13.3. The summed E-state index contributed by atoms with van der Waals surface area (Å²) in [5, 5.41) is 8.32. The lowest BCUT2D eigenvalue weighted by molar-refractivity contribution is -0.154. The van der Waals surface area contributed by atoms with E-state index in [9.17, 15) is 14.4 Å². The smallest absolute Gasteiger partial charge is 0.336 e. The molecule has 2 heterocycles. The molecule has 4 rings (SSSR count). The number of amides is 1. The molecule has 2 aliphatic heterocycles. The lowest BCUT2D eigenvalue weighted by Crippen LogP contribution is -2.49. The van der Waals surface area contributed by atoms with Crippen LogP contribution in [0.25, 0.3) is 0 Å². The van der Waals surface area contributed by atoms with Gasteiger partial charge in [0.25, 0.3) is 0 Å². The number of esters is 2. The summed E-state index contributed by atoms with van der Waals surface area (Å²) in [6.45, 7) is 1.89. The van der Waals surface area contributed by atoms with E-state index in [1.807, 2.05) is 0 Å². The zero-order chi connectivity index (χ0) is 16.6. The highest BCUT2D eigenvalue weighted by atomic mass is 16.5. The fourth-order valence-corrected chi connectivity index (χ4v) is 5.01. The van der Waals surface area contributed by atoms with E-state index in [2.05, 4.69) is 10.2 Å². The second-order valence-corrected chi connectivity index (χ2v) is 6.99. The van der Waals surface area contributed by atoms with Crippen LogP contribution in [0.4, 0.5) is 0 Å². The first-order valence-electron chi connectivity index (χ1n) is 7.77. The Bertz CT molecular complexity index is 649. The molecule has 2 saturated carbocycles. The first-order valence-corrected chi connectivity index (χ1v) is 7.77. The van der Waals surface area contributed by atoms with Crippen LogP contribution in [-0.4, -0.2) is 61.1 Å². The third-order valence-corrected chi connectivity index (χ3v) is 6.08. The molecule has 8 heteroatoms. The monoisotopic (exact) mass is 321 g/mol. The first kappa shape index (κ1) is 14.6. The van der Waals surface area contributed by atoms with Gasteiger partial charge in [-0.25, -0.2) is 4.79 Å². The average Bonchev–Trinajstić information content (AvgIpc) is 3.39. The number of likely N-dealkylation sites (tertiary alicyclic amines) is 1. The topological polar surface area (TPSA) is 97.4 Å². The average molecular weight is 321 g/mol. The molecule has 0 unspecified atom stereocenters. The van der Waals surface area contributed by atoms with Gasteiger partial charge < -0.3 is 14.4 Å². The molecule has 2 aliphatic carbocycles. The lowest BCUT2D eigenvalue weighted by Gasteiger charge is -2.31. The van der Waals surface area contributed by atoms with Crippen LogP contribution in [0, 0.1) is 17.3 Å². The molecule has 1 saturated heterocycles. The van der Waals surface area contributed by atoms with Crippen molar-refractivity contribution in [3.05, 3.63) is 0 Å². The molecular formula is C15H19N3O5. The van der Waals surface area contributed by atoms with Crippen LogP contribution in [0.5, 0.6) is 0 Å². The second kappa shape index (κ2) is 4.30. The number of rotatable bonds is 2. The first-order chi connectivity index (χ1) is 10.9. The van der Waals surface area contributed by atoms with E-state index in [1.54, 1.807) is 4.90 Å². The molecule has 0 spiro atoms. The highest BCUT2D eigenvalue weighted by Crippen LogP contribution is 2.70. The van der Waals surface area contributed by atoms with Crippen molar-refractivity contribution >= 4 is 17.8 Å². The van der Waals surface area contributed by atoms with Gasteiger partial charge in [-0.3, -0.25) is 9.59 Å². The summed E-state index contributed by atoms with van der Waals surface area (Å²) in [6, 6.07) is -0.118. The Labute approximate surface area is 133 Å². The maximum absolute atomic E-state index is 12.5. The molecule has 8 nitrogen and oxygen atoms in total. The van der Waals surface area contributed by atoms with E-state index in [-0.39, 0.29) is 42.2 Å². The normalized spacial score (nSPS) is 45.3. The molecule has 23 heavy (non-hydrogen) atoms. The van der Waals surface area contributed by atoms with E-state index >= 15 is 0 Å². The van der Waals surface area contributed by atoms with Crippen molar-refractivity contribution in [3.63, 3.8) is 0 Å². The quantitative estimate of drug-likeness (QED) is 0.533. The van der Waals surface area contributed by atoms with Gasteiger partial charge in [-0.05, 0) is 12.3 Å². The van der Waals surface area contributed by atoms with Gasteiger partial charge in [0.15, 0.2) is 5.54 Å². The van der Waals surface area contributed by atoms with Crippen LogP contribution < -0.4 is 0 Å². The molecule has 0 N–H and O–H groups in total. The standard InChI is InChI=1S/C15H19N3O5/c1-7(19)18-10-8-4-14(8,12(20)22-2)6-15(13(21)23-3)9(11(10)18)5-16-17-15/h8-11H,4-6H2,1-3H3/t8-,9+,10+,11-,14-,15-,18?/m1/s1. The highest BCUT2D eigenvalue weighted by molar-refractivity contribution is 5.89. The van der Waals surface area contributed by atoms with Gasteiger partial charge in [0.2, 0.25) is 5.91 Å². The Morgan fingerprint density at radius 1 is 1.09 bits per heavy atom. The molecule has 1 amide bonds. The summed E-state index contributed by atoms with van der Waals surface area (Å²) in [5.74, 6) is -1.04. The van der Waals surface area contributed by atoms with Crippen molar-refractivity contribution in [2.45, 2.75) is 37.4 Å². The van der Waals surface area contributed by atoms with Crippen LogP contribution >= 0.6 is 0 Å². The van der Waals surface area contributed by atoms with E-state index in [4.69, 9.17) is 9.47 Å². The number of hydrogen-bond acceptors (Lipinski definition) is 7. The summed E-state index contributed by atoms with van der Waals surface area (Å²) in [6.07, 6.45) is 0.878. The van der Waals surface area contributed by atoms with E-state index < -0.39 is 16.9 Å². The molecule has 0 radical (unpaired) electrons. The SMILES string of the molecule is COC(=O)[C@@]12C[C@@H]1[C@H]1[C@@H]([C@@H]3CN=N[C@]3(C(=O)OC)C2)N1C(C)=O. The Morgan fingerprint density at radius 2 is 1.74 bits per heavy atom. The number of carbonyl (C=O) groups excluding carboxylic acids is 3. The van der Waals surface area contributed by atoms with Gasteiger partial charge in [-0.15, -0.1) is 0 Å². The second-order valence-electron chi connectivity index (χ2n) is 6.99. The summed E-state index contributed by atoms with van der Waals surface area (Å²) in [7, 11) is 2.66. The Kier molecular flexibility index (Phi) is 2.73. The fraction of sp³-hybridized carbons (Fsp3) is 0.800. The van der Waals surface area contributed by atoms with Crippen LogP contribution in [0.3, 0.4) is 0 Å². The Morgan fingerprint density at radius 3 is 2.35 bits per heavy atom. The zero-order valence-electron chi connectivity index (χ0n) is 13.3. The number of methoxy groups -OCH3 is 2. The van der Waals surface area contributed by atoms with Gasteiger partial charge >= 0.3 is 11.9 Å². The maximum Gasteiger partial charge on any atom is 0.336 e. The van der Waals surface area contributed by atoms with E-state index in [1.165, 1.54) is 21.1 Å². The molecule has 0 aromatic carbocycles. The Balaban J connectivity index is 1.80. The maximum atomic E-state index is 12.5. The summed E-state index contributed by atoms with van der Waals surface area (Å²) >= 11 is 0. The van der Waals surface area contributed by atoms with Crippen molar-refractivity contribution < 1.29 is 23.9 Å². The predicted molar refractivity (Wildman–Crippen MR) is 75.2 cm³/mol. The highest BCUT2D eigenvalue weighted by Gasteiger charge is 2.80. The molecule has 0 aromatic heterocycles. The Hall–Kier alpha value is -1.99. The number of ether oxygens (including phenoxy) is 2. The number of fused-ring (bicyclic) bond motifs is 5. The fourth-order valence-electron chi connectivity index (χ4n) is 5.01. The van der Waals surface area contributed by atoms with Gasteiger partial charge in [-0.2, -0.15) is 10.2 Å². The van der Waals surface area contributed by atoms with Crippen molar-refractivity contribution in [1.82, 2.24) is 4.90 Å². The molecule has 0 bridgehead atoms. The predicted octanol–water partition coefficient (Wildman–Crippen LogP) is 0.162. The van der Waals surface area contributed by atoms with E-state index in [0.29, 0.717) is 13.0 Å². The van der Waals surface area contributed by atoms with Gasteiger partial charge in [0, 0.05) is 19.3 Å². The minimum atomic E-state index is -1.18. The van der Waals surface area contributed by atoms with Crippen molar-refractivity contribution in [1.29, 1.82) is 0 Å². The van der Waals surface area contributed by atoms with Crippen molar-refractivity contribution in [3.8, 4) is 0 Å². The molecule has 3 fully saturated rings. The largest absolute Gasteiger partial charge is 0.469 e. The number of hydrogen-bond donors (Lipinski definition) is 0. The molecule has 4 aliphatic rings. The van der Waals surface area contributed by atoms with Crippen molar-refractivity contribution in [2.24, 2.45) is 27.5 Å². The number of carbonyl (C=O) groups is 3. The summed E-state index contributed by atoms with van der Waals surface area (Å²) in [4.78, 5) is 38.7. The van der Waals surface area contributed by atoms with Crippen LogP contribution in [-0.2, 0) is 23.9 Å². The van der Waals surface area contributed by atoms with Crippen molar-refractivity contribution in [2.75, 3.05) is 20.8 Å². The number of azo groups is 1. The van der Waals surface area contributed by atoms with Gasteiger partial charge in [0.05, 0.1) is 38.3 Å². The molecule has 0 aromatic rings.